The lowest BCUT2D eigenvalue weighted by atomic mass is 10.2. The molecule has 4 nitrogen and oxygen atoms in total. The first-order chi connectivity index (χ1) is 8.06. The van der Waals surface area contributed by atoms with E-state index in [0.717, 1.165) is 32.4 Å². The van der Waals surface area contributed by atoms with Crippen molar-refractivity contribution in [1.29, 1.82) is 0 Å². The summed E-state index contributed by atoms with van der Waals surface area (Å²) in [5.41, 5.74) is 0. The van der Waals surface area contributed by atoms with Gasteiger partial charge in [0.2, 0.25) is 0 Å². The molecular weight excluding hydrogens is 232 g/mol. The van der Waals surface area contributed by atoms with Crippen molar-refractivity contribution in [3.63, 3.8) is 0 Å². The summed E-state index contributed by atoms with van der Waals surface area (Å²) in [5, 5.41) is 3.01. The van der Waals surface area contributed by atoms with E-state index in [-0.39, 0.29) is 0 Å². The summed E-state index contributed by atoms with van der Waals surface area (Å²) in [6, 6.07) is 0. The third-order valence-electron chi connectivity index (χ3n) is 2.63. The van der Waals surface area contributed by atoms with Gasteiger partial charge in [-0.1, -0.05) is 0 Å². The first-order valence-corrected chi connectivity index (χ1v) is 5.85. The van der Waals surface area contributed by atoms with Crippen molar-refractivity contribution in [3.8, 4) is 0 Å². The highest BCUT2D eigenvalue weighted by atomic mass is 19.3. The Morgan fingerprint density at radius 1 is 1.47 bits per heavy atom. The number of cyclic esters (lactones) is 1. The van der Waals surface area contributed by atoms with Crippen molar-refractivity contribution in [1.82, 2.24) is 5.32 Å². The third-order valence-corrected chi connectivity index (χ3v) is 2.63. The summed E-state index contributed by atoms with van der Waals surface area (Å²) in [7, 11) is 1.66. The summed E-state index contributed by atoms with van der Waals surface area (Å²) in [6.45, 7) is 1.78. The number of rotatable bonds is 8. The van der Waals surface area contributed by atoms with E-state index in [0.29, 0.717) is 6.54 Å². The summed E-state index contributed by atoms with van der Waals surface area (Å²) in [5.74, 6) is -4.70. The number of ether oxygens (including phenoxy) is 2. The molecule has 1 heterocycles. The summed E-state index contributed by atoms with van der Waals surface area (Å²) >= 11 is 0. The van der Waals surface area contributed by atoms with Crippen LogP contribution in [0.3, 0.4) is 0 Å². The van der Waals surface area contributed by atoms with Crippen LogP contribution in [0.2, 0.25) is 0 Å². The van der Waals surface area contributed by atoms with E-state index in [1.807, 2.05) is 0 Å². The largest absolute Gasteiger partial charge is 0.456 e. The van der Waals surface area contributed by atoms with Gasteiger partial charge in [-0.15, -0.1) is 0 Å². The van der Waals surface area contributed by atoms with Gasteiger partial charge in [-0.25, -0.2) is 4.79 Å². The molecular formula is C11H19F2NO3. The summed E-state index contributed by atoms with van der Waals surface area (Å²) in [4.78, 5) is 10.7. The molecule has 0 bridgehead atoms. The van der Waals surface area contributed by atoms with Crippen LogP contribution in [0.15, 0.2) is 0 Å². The molecule has 1 aliphatic rings. The second-order valence-electron chi connectivity index (χ2n) is 4.19. The number of methoxy groups -OCH3 is 1. The monoisotopic (exact) mass is 251 g/mol. The zero-order valence-corrected chi connectivity index (χ0v) is 10.0. The molecule has 1 unspecified atom stereocenters. The van der Waals surface area contributed by atoms with Gasteiger partial charge in [0.1, 0.15) is 6.10 Å². The van der Waals surface area contributed by atoms with Crippen LogP contribution in [0.25, 0.3) is 0 Å². The quantitative estimate of drug-likeness (QED) is 0.522. The Morgan fingerprint density at radius 2 is 2.24 bits per heavy atom. The number of carbonyl (C=O) groups is 1. The Morgan fingerprint density at radius 3 is 2.82 bits per heavy atom. The fraction of sp³-hybridized carbons (Fsp3) is 0.909. The molecule has 1 saturated heterocycles. The second kappa shape index (κ2) is 6.86. The zero-order valence-electron chi connectivity index (χ0n) is 10.0. The maximum atomic E-state index is 12.8. The van der Waals surface area contributed by atoms with Crippen LogP contribution >= 0.6 is 0 Å². The molecule has 1 fully saturated rings. The number of carbonyl (C=O) groups excluding carboxylic acids is 1. The van der Waals surface area contributed by atoms with Crippen LogP contribution in [-0.2, 0) is 14.3 Å². The molecule has 0 amide bonds. The van der Waals surface area contributed by atoms with Crippen LogP contribution in [0.5, 0.6) is 0 Å². The molecule has 1 N–H and O–H groups in total. The van der Waals surface area contributed by atoms with Gasteiger partial charge in [-0.05, 0) is 25.8 Å². The maximum Gasteiger partial charge on any atom is 0.377 e. The predicted molar refractivity (Wildman–Crippen MR) is 58.0 cm³/mol. The number of unbranched alkanes of at least 4 members (excludes halogenated alkanes) is 2. The Labute approximate surface area is 99.7 Å². The fourth-order valence-corrected chi connectivity index (χ4v) is 1.70. The van der Waals surface area contributed by atoms with E-state index < -0.39 is 24.4 Å². The summed E-state index contributed by atoms with van der Waals surface area (Å²) in [6.07, 6.45) is 1.77. The molecule has 6 heteroatoms. The Balaban J connectivity index is 1.99. The number of halogens is 2. The average Bonchev–Trinajstić information content (AvgIpc) is 2.51. The summed E-state index contributed by atoms with van der Waals surface area (Å²) < 4.78 is 35.0. The van der Waals surface area contributed by atoms with Gasteiger partial charge in [-0.3, -0.25) is 0 Å². The minimum absolute atomic E-state index is 0.297. The normalized spacial score (nSPS) is 22.8. The highest BCUT2D eigenvalue weighted by Gasteiger charge is 2.50. The van der Waals surface area contributed by atoms with Crippen LogP contribution < -0.4 is 5.32 Å². The molecule has 17 heavy (non-hydrogen) atoms. The van der Waals surface area contributed by atoms with Crippen LogP contribution in [-0.4, -0.2) is 44.8 Å². The van der Waals surface area contributed by atoms with Gasteiger partial charge >= 0.3 is 11.9 Å². The van der Waals surface area contributed by atoms with Crippen molar-refractivity contribution in [2.45, 2.75) is 37.7 Å². The Kier molecular flexibility index (Phi) is 5.77. The van der Waals surface area contributed by atoms with Crippen LogP contribution in [0.1, 0.15) is 25.7 Å². The fourth-order valence-electron chi connectivity index (χ4n) is 1.70. The molecule has 0 aromatic rings. The van der Waals surface area contributed by atoms with E-state index >= 15 is 0 Å². The maximum absolute atomic E-state index is 12.8. The molecule has 1 atom stereocenters. The predicted octanol–water partition coefficient (Wildman–Crippen LogP) is 1.34. The van der Waals surface area contributed by atoms with Crippen molar-refractivity contribution < 1.29 is 23.0 Å². The highest BCUT2D eigenvalue weighted by molar-refractivity contribution is 5.79. The molecule has 0 saturated carbocycles. The van der Waals surface area contributed by atoms with Gasteiger partial charge in [0.25, 0.3) is 0 Å². The number of esters is 1. The third kappa shape index (κ3) is 4.95. The van der Waals surface area contributed by atoms with Crippen molar-refractivity contribution in [2.24, 2.45) is 0 Å². The molecule has 0 aromatic heterocycles. The van der Waals surface area contributed by atoms with Gasteiger partial charge in [0.15, 0.2) is 0 Å². The van der Waals surface area contributed by atoms with E-state index in [1.54, 1.807) is 7.11 Å². The van der Waals surface area contributed by atoms with Gasteiger partial charge in [0, 0.05) is 20.3 Å². The lowest BCUT2D eigenvalue weighted by Gasteiger charge is -2.09. The van der Waals surface area contributed by atoms with Gasteiger partial charge in [-0.2, -0.15) is 8.78 Å². The average molecular weight is 251 g/mol. The molecule has 1 rings (SSSR count). The minimum Gasteiger partial charge on any atom is -0.456 e. The SMILES string of the molecule is COCCCCCNCC1CC(F)(F)C(=O)O1. The van der Waals surface area contributed by atoms with Crippen LogP contribution in [0, 0.1) is 0 Å². The first kappa shape index (κ1) is 14.3. The number of nitrogens with one attached hydrogen (secondary N) is 1. The molecule has 0 radical (unpaired) electrons. The second-order valence-corrected chi connectivity index (χ2v) is 4.19. The molecule has 0 spiro atoms. The van der Waals surface area contributed by atoms with Crippen LogP contribution in [0.4, 0.5) is 8.78 Å². The number of hydrogen-bond donors (Lipinski definition) is 1. The van der Waals surface area contributed by atoms with E-state index in [1.165, 1.54) is 0 Å². The standard InChI is InChI=1S/C11H19F2NO3/c1-16-6-4-2-3-5-14-8-9-7-11(12,13)10(15)17-9/h9,14H,2-8H2,1H3. The molecule has 0 aliphatic carbocycles. The highest BCUT2D eigenvalue weighted by Crippen LogP contribution is 2.30. The lowest BCUT2D eigenvalue weighted by molar-refractivity contribution is -0.159. The molecule has 1 aliphatic heterocycles. The number of alkyl halides is 2. The van der Waals surface area contributed by atoms with Gasteiger partial charge < -0.3 is 14.8 Å². The minimum atomic E-state index is -3.30. The van der Waals surface area contributed by atoms with Crippen molar-refractivity contribution in [2.75, 3.05) is 26.8 Å². The number of hydrogen-bond acceptors (Lipinski definition) is 4. The smallest absolute Gasteiger partial charge is 0.377 e. The Bertz CT molecular complexity index is 249. The van der Waals surface area contributed by atoms with Crippen molar-refractivity contribution >= 4 is 5.97 Å². The van der Waals surface area contributed by atoms with E-state index in [9.17, 15) is 13.6 Å². The van der Waals surface area contributed by atoms with E-state index in [4.69, 9.17) is 4.74 Å². The molecule has 100 valence electrons. The van der Waals surface area contributed by atoms with Crippen molar-refractivity contribution in [3.05, 3.63) is 0 Å². The topological polar surface area (TPSA) is 47.6 Å². The first-order valence-electron chi connectivity index (χ1n) is 5.85. The zero-order chi connectivity index (χ0) is 12.7. The lowest BCUT2D eigenvalue weighted by Crippen LogP contribution is -2.27. The van der Waals surface area contributed by atoms with Gasteiger partial charge in [0.05, 0.1) is 6.42 Å². The molecule has 0 aromatic carbocycles. The Hall–Kier alpha value is -0.750. The van der Waals surface area contributed by atoms with E-state index in [2.05, 4.69) is 10.1 Å².